The zero-order valence-corrected chi connectivity index (χ0v) is 33.6. The predicted octanol–water partition coefficient (Wildman–Crippen LogP) is 15.6. The van der Waals surface area contributed by atoms with Crippen molar-refractivity contribution in [1.82, 2.24) is 15.0 Å². The van der Waals surface area contributed by atoms with E-state index in [0.717, 1.165) is 116 Å². The molecule has 0 atom stereocenters. The summed E-state index contributed by atoms with van der Waals surface area (Å²) in [5, 5.41) is 6.27. The van der Waals surface area contributed by atoms with Crippen molar-refractivity contribution in [3.8, 4) is 67.5 Å². The molecule has 0 N–H and O–H groups in total. The van der Waals surface area contributed by atoms with Crippen LogP contribution in [0.5, 0.6) is 0 Å². The highest BCUT2D eigenvalue weighted by molar-refractivity contribution is 6.16. The summed E-state index contributed by atoms with van der Waals surface area (Å²) in [7, 11) is 0. The van der Waals surface area contributed by atoms with E-state index in [1.54, 1.807) is 0 Å². The minimum atomic E-state index is 0.560. The molecule has 6 nitrogen and oxygen atoms in total. The van der Waals surface area contributed by atoms with Crippen LogP contribution in [0.4, 0.5) is 0 Å². The van der Waals surface area contributed by atoms with E-state index in [4.69, 9.17) is 28.2 Å². The molecule has 6 heteroatoms. The monoisotopic (exact) mass is 807 g/mol. The average molecular weight is 808 g/mol. The van der Waals surface area contributed by atoms with E-state index in [-0.39, 0.29) is 0 Å². The van der Waals surface area contributed by atoms with Crippen molar-refractivity contribution < 1.29 is 13.3 Å². The van der Waals surface area contributed by atoms with Crippen LogP contribution in [0.25, 0.3) is 133 Å². The molecule has 9 aromatic carbocycles. The molecule has 0 aliphatic heterocycles. The molecule has 63 heavy (non-hydrogen) atoms. The van der Waals surface area contributed by atoms with Gasteiger partial charge in [-0.3, -0.25) is 0 Å². The zero-order chi connectivity index (χ0) is 41.4. The smallest absolute Gasteiger partial charge is 0.164 e. The largest absolute Gasteiger partial charge is 0.456 e. The number of furan rings is 3. The van der Waals surface area contributed by atoms with E-state index in [0.29, 0.717) is 17.5 Å². The number of fused-ring (bicyclic) bond motifs is 9. The Balaban J connectivity index is 0.954. The molecule has 294 valence electrons. The third-order valence-electron chi connectivity index (χ3n) is 12.2. The quantitative estimate of drug-likeness (QED) is 0.166. The Morgan fingerprint density at radius 2 is 0.730 bits per heavy atom. The van der Waals surface area contributed by atoms with Gasteiger partial charge in [-0.2, -0.15) is 0 Å². The van der Waals surface area contributed by atoms with Gasteiger partial charge in [0, 0.05) is 54.6 Å². The lowest BCUT2D eigenvalue weighted by atomic mass is 9.96. The van der Waals surface area contributed by atoms with E-state index in [2.05, 4.69) is 127 Å². The first-order valence-corrected chi connectivity index (χ1v) is 21.0. The van der Waals surface area contributed by atoms with Gasteiger partial charge >= 0.3 is 0 Å². The van der Waals surface area contributed by atoms with E-state index in [1.165, 1.54) is 0 Å². The third kappa shape index (κ3) is 5.76. The lowest BCUT2D eigenvalue weighted by Gasteiger charge is -2.10. The van der Waals surface area contributed by atoms with Gasteiger partial charge in [0.1, 0.15) is 33.5 Å². The fraction of sp³-hybridized carbons (Fsp3) is 0. The number of hydrogen-bond donors (Lipinski definition) is 0. The molecule has 0 unspecified atom stereocenters. The highest BCUT2D eigenvalue weighted by atomic mass is 16.3. The summed E-state index contributed by atoms with van der Waals surface area (Å²) in [6.07, 6.45) is 0. The van der Waals surface area contributed by atoms with Gasteiger partial charge in [-0.15, -0.1) is 0 Å². The van der Waals surface area contributed by atoms with Crippen molar-refractivity contribution in [3.05, 3.63) is 200 Å². The van der Waals surface area contributed by atoms with E-state index in [1.807, 2.05) is 72.8 Å². The number of rotatable bonds is 6. The summed E-state index contributed by atoms with van der Waals surface area (Å²) in [5.41, 5.74) is 14.1. The van der Waals surface area contributed by atoms with Gasteiger partial charge < -0.3 is 13.3 Å². The Morgan fingerprint density at radius 3 is 1.46 bits per heavy atom. The molecule has 4 aromatic heterocycles. The summed E-state index contributed by atoms with van der Waals surface area (Å²) in [5.74, 6) is 1.72. The number of nitrogens with zero attached hydrogens (tertiary/aromatic N) is 3. The van der Waals surface area contributed by atoms with Crippen molar-refractivity contribution in [2.24, 2.45) is 0 Å². The van der Waals surface area contributed by atoms with Gasteiger partial charge in [0.25, 0.3) is 0 Å². The highest BCUT2D eigenvalue weighted by Crippen LogP contribution is 2.43. The fourth-order valence-corrected chi connectivity index (χ4v) is 9.17. The second kappa shape index (κ2) is 14.0. The molecule has 0 radical (unpaired) electrons. The molecule has 0 saturated heterocycles. The molecule has 0 aliphatic rings. The number of para-hydroxylation sites is 2. The van der Waals surface area contributed by atoms with Crippen molar-refractivity contribution in [2.75, 3.05) is 0 Å². The maximum absolute atomic E-state index is 6.55. The van der Waals surface area contributed by atoms with Crippen LogP contribution < -0.4 is 0 Å². The van der Waals surface area contributed by atoms with Crippen LogP contribution >= 0.6 is 0 Å². The summed E-state index contributed by atoms with van der Waals surface area (Å²) < 4.78 is 19.4. The van der Waals surface area contributed by atoms with Gasteiger partial charge in [0.2, 0.25) is 0 Å². The summed E-state index contributed by atoms with van der Waals surface area (Å²) in [4.78, 5) is 15.4. The Labute approximate surface area is 360 Å². The molecule has 0 amide bonds. The summed E-state index contributed by atoms with van der Waals surface area (Å²) in [6, 6.07) is 68.6. The lowest BCUT2D eigenvalue weighted by molar-refractivity contribution is 0.669. The van der Waals surface area contributed by atoms with Gasteiger partial charge in [-0.1, -0.05) is 158 Å². The molecule has 13 aromatic rings. The standard InChI is InChI=1S/C57H33N3O3/c1-3-12-34(13-4-1)38-28-30-48-45(32-38)52-40(17-10-22-50(52)61-48)39-29-31-49-46(33-39)53-44(20-11-23-51(53)62-49)57-59-55(36-14-5-2-6-15-36)58-56(60-57)37-26-24-35(25-27-37)41-18-9-19-43-42-16-7-8-21-47(42)63-54(41)43/h1-33H. The Kier molecular flexibility index (Phi) is 7.80. The van der Waals surface area contributed by atoms with Gasteiger partial charge in [0.15, 0.2) is 17.5 Å². The molecular weight excluding hydrogens is 775 g/mol. The van der Waals surface area contributed by atoms with Gasteiger partial charge in [0.05, 0.1) is 0 Å². The number of benzene rings is 9. The SMILES string of the molecule is c1ccc(-c2ccc3oc4cccc(-c5ccc6oc7cccc(-c8nc(-c9ccccc9)nc(-c9ccc(-c%10cccc%11c%10oc%10ccccc%10%11)cc9)n8)c7c6c5)c4c3c2)cc1. The topological polar surface area (TPSA) is 78.1 Å². The Bertz CT molecular complexity index is 3900. The average Bonchev–Trinajstić information content (AvgIpc) is 4.05. The minimum Gasteiger partial charge on any atom is -0.456 e. The Hall–Kier alpha value is -8.61. The maximum Gasteiger partial charge on any atom is 0.164 e. The predicted molar refractivity (Wildman–Crippen MR) is 254 cm³/mol. The molecule has 0 bridgehead atoms. The molecule has 0 saturated carbocycles. The number of hydrogen-bond acceptors (Lipinski definition) is 6. The fourth-order valence-electron chi connectivity index (χ4n) is 9.17. The van der Waals surface area contributed by atoms with Gasteiger partial charge in [-0.25, -0.2) is 15.0 Å². The van der Waals surface area contributed by atoms with Gasteiger partial charge in [-0.05, 0) is 70.3 Å². The normalized spacial score (nSPS) is 11.8. The first kappa shape index (κ1) is 35.2. The van der Waals surface area contributed by atoms with E-state index >= 15 is 0 Å². The zero-order valence-electron chi connectivity index (χ0n) is 33.6. The third-order valence-corrected chi connectivity index (χ3v) is 12.2. The molecule has 13 rings (SSSR count). The van der Waals surface area contributed by atoms with Crippen LogP contribution in [0.2, 0.25) is 0 Å². The molecule has 0 aliphatic carbocycles. The van der Waals surface area contributed by atoms with Crippen molar-refractivity contribution in [3.63, 3.8) is 0 Å². The van der Waals surface area contributed by atoms with Crippen molar-refractivity contribution >= 4 is 65.8 Å². The molecular formula is C57H33N3O3. The van der Waals surface area contributed by atoms with Crippen LogP contribution in [0.3, 0.4) is 0 Å². The van der Waals surface area contributed by atoms with Crippen LogP contribution in [-0.4, -0.2) is 15.0 Å². The van der Waals surface area contributed by atoms with Crippen LogP contribution in [0, 0.1) is 0 Å². The molecule has 0 fully saturated rings. The number of aromatic nitrogens is 3. The minimum absolute atomic E-state index is 0.560. The first-order chi connectivity index (χ1) is 31.2. The van der Waals surface area contributed by atoms with E-state index in [9.17, 15) is 0 Å². The van der Waals surface area contributed by atoms with Crippen molar-refractivity contribution in [1.29, 1.82) is 0 Å². The second-order valence-electron chi connectivity index (χ2n) is 15.9. The van der Waals surface area contributed by atoms with Crippen LogP contribution in [-0.2, 0) is 0 Å². The first-order valence-electron chi connectivity index (χ1n) is 21.0. The highest BCUT2D eigenvalue weighted by Gasteiger charge is 2.20. The maximum atomic E-state index is 6.55. The summed E-state index contributed by atoms with van der Waals surface area (Å²) in [6.45, 7) is 0. The second-order valence-corrected chi connectivity index (χ2v) is 15.9. The van der Waals surface area contributed by atoms with E-state index < -0.39 is 0 Å². The lowest BCUT2D eigenvalue weighted by Crippen LogP contribution is -2.00. The van der Waals surface area contributed by atoms with Crippen molar-refractivity contribution in [2.45, 2.75) is 0 Å². The van der Waals surface area contributed by atoms with Crippen LogP contribution in [0.1, 0.15) is 0 Å². The van der Waals surface area contributed by atoms with Crippen LogP contribution in [0.15, 0.2) is 213 Å². The Morgan fingerprint density at radius 1 is 0.254 bits per heavy atom. The summed E-state index contributed by atoms with van der Waals surface area (Å²) >= 11 is 0. The molecule has 4 heterocycles. The molecule has 0 spiro atoms.